The van der Waals surface area contributed by atoms with Crippen molar-refractivity contribution in [2.24, 2.45) is 23.7 Å². The lowest BCUT2D eigenvalue weighted by Crippen LogP contribution is -2.11. The standard InChI is InChI=1S/C10H20Si/c1-6-7(2)9(4)10(11-5)8(6)3/h6-10H,1-5H3. The van der Waals surface area contributed by atoms with Crippen molar-refractivity contribution < 1.29 is 0 Å². The molecule has 0 aromatic heterocycles. The van der Waals surface area contributed by atoms with E-state index in [2.05, 4.69) is 34.2 Å². The van der Waals surface area contributed by atoms with E-state index in [9.17, 15) is 0 Å². The van der Waals surface area contributed by atoms with Crippen LogP contribution in [0.1, 0.15) is 27.7 Å². The average molecular weight is 168 g/mol. The van der Waals surface area contributed by atoms with E-state index in [0.717, 1.165) is 38.7 Å². The van der Waals surface area contributed by atoms with Crippen LogP contribution < -0.4 is 0 Å². The Morgan fingerprint density at radius 1 is 0.727 bits per heavy atom. The molecule has 0 nitrogen and oxygen atoms in total. The molecule has 2 radical (unpaired) electrons. The van der Waals surface area contributed by atoms with Gasteiger partial charge in [0.05, 0.1) is 0 Å². The summed E-state index contributed by atoms with van der Waals surface area (Å²) >= 11 is 0. The molecule has 4 unspecified atom stereocenters. The topological polar surface area (TPSA) is 0 Å². The third-order valence-electron chi connectivity index (χ3n) is 3.95. The second-order valence-electron chi connectivity index (χ2n) is 4.25. The van der Waals surface area contributed by atoms with Gasteiger partial charge in [0.15, 0.2) is 0 Å². The van der Waals surface area contributed by atoms with Gasteiger partial charge in [-0.15, -0.1) is 0 Å². The van der Waals surface area contributed by atoms with Crippen molar-refractivity contribution in [2.75, 3.05) is 0 Å². The molecule has 0 amide bonds. The number of hydrogen-bond donors (Lipinski definition) is 0. The van der Waals surface area contributed by atoms with E-state index in [1.807, 2.05) is 0 Å². The van der Waals surface area contributed by atoms with Crippen molar-refractivity contribution in [3.8, 4) is 0 Å². The third-order valence-corrected chi connectivity index (χ3v) is 5.67. The van der Waals surface area contributed by atoms with Gasteiger partial charge in [-0.05, 0) is 29.2 Å². The average Bonchev–Trinajstić information content (AvgIpc) is 2.17. The fraction of sp³-hybridized carbons (Fsp3) is 1.00. The fourth-order valence-electron chi connectivity index (χ4n) is 2.62. The summed E-state index contributed by atoms with van der Waals surface area (Å²) in [5, 5.41) is 0. The van der Waals surface area contributed by atoms with Gasteiger partial charge in [0, 0.05) is 9.52 Å². The summed E-state index contributed by atoms with van der Waals surface area (Å²) in [5.74, 6) is 3.82. The van der Waals surface area contributed by atoms with Crippen LogP contribution in [0.3, 0.4) is 0 Å². The Balaban J connectivity index is 2.69. The van der Waals surface area contributed by atoms with Crippen LogP contribution in [-0.4, -0.2) is 9.52 Å². The molecular formula is C10H20Si. The summed E-state index contributed by atoms with van der Waals surface area (Å²) in [6.07, 6.45) is 0. The highest BCUT2D eigenvalue weighted by molar-refractivity contribution is 6.36. The first kappa shape index (κ1) is 9.31. The first-order chi connectivity index (χ1) is 5.09. The molecule has 0 aromatic carbocycles. The molecule has 1 heteroatoms. The van der Waals surface area contributed by atoms with Gasteiger partial charge in [0.25, 0.3) is 0 Å². The van der Waals surface area contributed by atoms with Crippen LogP contribution in [0, 0.1) is 23.7 Å². The van der Waals surface area contributed by atoms with Gasteiger partial charge in [-0.1, -0.05) is 34.2 Å². The van der Waals surface area contributed by atoms with Crippen LogP contribution in [0.5, 0.6) is 0 Å². The Hall–Kier alpha value is 0.217. The normalized spacial score (nSPS) is 51.5. The van der Waals surface area contributed by atoms with Crippen molar-refractivity contribution >= 4 is 9.52 Å². The van der Waals surface area contributed by atoms with E-state index < -0.39 is 0 Å². The molecule has 1 rings (SSSR count). The first-order valence-electron chi connectivity index (χ1n) is 4.76. The number of hydrogen-bond acceptors (Lipinski definition) is 0. The van der Waals surface area contributed by atoms with Crippen molar-refractivity contribution in [2.45, 2.75) is 39.8 Å². The van der Waals surface area contributed by atoms with Crippen molar-refractivity contribution in [1.29, 1.82) is 0 Å². The lowest BCUT2D eigenvalue weighted by Gasteiger charge is -2.17. The molecule has 1 fully saturated rings. The Labute approximate surface area is 73.6 Å². The van der Waals surface area contributed by atoms with Crippen molar-refractivity contribution in [3.05, 3.63) is 0 Å². The second kappa shape index (κ2) is 3.30. The largest absolute Gasteiger partial charge is 0.0731 e. The zero-order valence-corrected chi connectivity index (χ0v) is 9.39. The highest BCUT2D eigenvalue weighted by atomic mass is 28.2. The minimum atomic E-state index is 0.947. The molecule has 0 aromatic rings. The molecule has 11 heavy (non-hydrogen) atoms. The van der Waals surface area contributed by atoms with E-state index in [4.69, 9.17) is 0 Å². The molecule has 1 aliphatic rings. The lowest BCUT2D eigenvalue weighted by atomic mass is 9.92. The van der Waals surface area contributed by atoms with E-state index in [1.54, 1.807) is 0 Å². The third kappa shape index (κ3) is 1.40. The quantitative estimate of drug-likeness (QED) is 0.528. The van der Waals surface area contributed by atoms with Gasteiger partial charge in [-0.3, -0.25) is 0 Å². The minimum absolute atomic E-state index is 0.947. The summed E-state index contributed by atoms with van der Waals surface area (Å²) in [6.45, 7) is 12.1. The van der Waals surface area contributed by atoms with Gasteiger partial charge in [-0.25, -0.2) is 0 Å². The second-order valence-corrected chi connectivity index (χ2v) is 5.49. The molecule has 1 saturated carbocycles. The Morgan fingerprint density at radius 2 is 1.09 bits per heavy atom. The monoisotopic (exact) mass is 168 g/mol. The van der Waals surface area contributed by atoms with Gasteiger partial charge in [0.1, 0.15) is 0 Å². The smallest absolute Gasteiger partial charge is 0.0385 e. The van der Waals surface area contributed by atoms with Crippen molar-refractivity contribution in [3.63, 3.8) is 0 Å². The summed E-state index contributed by atoms with van der Waals surface area (Å²) in [6, 6.07) is 0. The highest BCUT2D eigenvalue weighted by Gasteiger charge is 2.39. The maximum atomic E-state index is 2.44. The molecule has 64 valence electrons. The SMILES string of the molecule is C[Si]C1C(C)C(C)C(C)C1C. The van der Waals surface area contributed by atoms with Gasteiger partial charge in [0.2, 0.25) is 0 Å². The molecule has 4 atom stereocenters. The number of rotatable bonds is 1. The summed E-state index contributed by atoms with van der Waals surface area (Å²) < 4.78 is 0. The molecule has 0 heterocycles. The van der Waals surface area contributed by atoms with Crippen LogP contribution >= 0.6 is 0 Å². The minimum Gasteiger partial charge on any atom is -0.0731 e. The molecule has 0 N–H and O–H groups in total. The maximum absolute atomic E-state index is 2.44. The Kier molecular flexibility index (Phi) is 2.79. The van der Waals surface area contributed by atoms with E-state index >= 15 is 0 Å². The first-order valence-corrected chi connectivity index (χ1v) is 6.34. The zero-order valence-electron chi connectivity index (χ0n) is 8.39. The maximum Gasteiger partial charge on any atom is 0.0385 e. The van der Waals surface area contributed by atoms with Crippen LogP contribution in [0.4, 0.5) is 0 Å². The Morgan fingerprint density at radius 3 is 1.27 bits per heavy atom. The van der Waals surface area contributed by atoms with E-state index in [-0.39, 0.29) is 0 Å². The van der Waals surface area contributed by atoms with Crippen LogP contribution in [0.15, 0.2) is 0 Å². The van der Waals surface area contributed by atoms with Crippen molar-refractivity contribution in [1.82, 2.24) is 0 Å². The zero-order chi connectivity index (χ0) is 8.59. The molecular weight excluding hydrogens is 148 g/mol. The molecule has 1 aliphatic carbocycles. The lowest BCUT2D eigenvalue weighted by molar-refractivity contribution is 0.352. The molecule has 0 spiro atoms. The van der Waals surface area contributed by atoms with Crippen LogP contribution in [0.25, 0.3) is 0 Å². The summed E-state index contributed by atoms with van der Waals surface area (Å²) in [7, 11) is 1.14. The van der Waals surface area contributed by atoms with E-state index in [1.165, 1.54) is 0 Å². The molecule has 0 bridgehead atoms. The van der Waals surface area contributed by atoms with Gasteiger partial charge < -0.3 is 0 Å². The summed E-state index contributed by atoms with van der Waals surface area (Å²) in [4.78, 5) is 0. The van der Waals surface area contributed by atoms with Crippen LogP contribution in [-0.2, 0) is 0 Å². The molecule has 0 saturated heterocycles. The predicted octanol–water partition coefficient (Wildman–Crippen LogP) is 3.09. The van der Waals surface area contributed by atoms with E-state index in [0.29, 0.717) is 0 Å². The van der Waals surface area contributed by atoms with Crippen LogP contribution in [0.2, 0.25) is 12.1 Å². The molecule has 0 aliphatic heterocycles. The predicted molar refractivity (Wildman–Crippen MR) is 52.0 cm³/mol. The fourth-order valence-corrected chi connectivity index (χ4v) is 4.28. The highest BCUT2D eigenvalue weighted by Crippen LogP contribution is 2.48. The Bertz CT molecular complexity index is 119. The van der Waals surface area contributed by atoms with Gasteiger partial charge >= 0.3 is 0 Å². The van der Waals surface area contributed by atoms with Gasteiger partial charge in [-0.2, -0.15) is 0 Å². The summed E-state index contributed by atoms with van der Waals surface area (Å²) in [5.41, 5.74) is 1.01.